The fourth-order valence-electron chi connectivity index (χ4n) is 4.42. The van der Waals surface area contributed by atoms with Crippen LogP contribution >= 0.6 is 0 Å². The molecule has 7 nitrogen and oxygen atoms in total. The number of carbonyl (C=O) groups is 2. The summed E-state index contributed by atoms with van der Waals surface area (Å²) in [5.74, 6) is -0.910. The van der Waals surface area contributed by atoms with Gasteiger partial charge >= 0.3 is 5.91 Å². The van der Waals surface area contributed by atoms with Crippen LogP contribution < -0.4 is 10.1 Å². The third-order valence-electron chi connectivity index (χ3n) is 6.12. The first-order valence-electron chi connectivity index (χ1n) is 11.5. The first-order chi connectivity index (χ1) is 17.0. The molecule has 0 radical (unpaired) electrons. The lowest BCUT2D eigenvalue weighted by atomic mass is 10.0. The van der Waals surface area contributed by atoms with Crippen molar-refractivity contribution in [3.8, 4) is 5.69 Å². The molecular weight excluding hydrogens is 440 g/mol. The maximum absolute atomic E-state index is 13.8. The summed E-state index contributed by atoms with van der Waals surface area (Å²) >= 11 is 0. The van der Waals surface area contributed by atoms with E-state index in [1.165, 1.54) is 9.58 Å². The smallest absolute Gasteiger partial charge is 0.294 e. The second-order valence-electron chi connectivity index (χ2n) is 8.49. The van der Waals surface area contributed by atoms with E-state index in [4.69, 9.17) is 0 Å². The first kappa shape index (κ1) is 22.3. The molecule has 0 saturated carbocycles. The highest BCUT2D eigenvalue weighted by molar-refractivity contribution is 6.44. The molecule has 0 aliphatic carbocycles. The highest BCUT2D eigenvalue weighted by atomic mass is 16.2. The number of nitrogens with zero attached hydrogens (tertiary/aromatic N) is 3. The maximum Gasteiger partial charge on any atom is 0.327 e. The van der Waals surface area contributed by atoms with Gasteiger partial charge in [0.05, 0.1) is 17.8 Å². The van der Waals surface area contributed by atoms with E-state index in [0.29, 0.717) is 17.8 Å². The largest absolute Gasteiger partial charge is 0.327 e. The van der Waals surface area contributed by atoms with Crippen LogP contribution in [-0.4, -0.2) is 26.5 Å². The highest BCUT2D eigenvalue weighted by Crippen LogP contribution is 2.31. The van der Waals surface area contributed by atoms with Gasteiger partial charge in [0.1, 0.15) is 5.57 Å². The number of aromatic nitrogens is 3. The number of aryl methyl sites for hydroxylation is 2. The Bertz CT molecular complexity index is 1510. The van der Waals surface area contributed by atoms with Crippen molar-refractivity contribution in [3.63, 3.8) is 0 Å². The highest BCUT2D eigenvalue weighted by Gasteiger charge is 2.47. The Hall–Kier alpha value is -4.52. The molecular formula is C28H25N4O3+. The van der Waals surface area contributed by atoms with Crippen LogP contribution in [0.4, 0.5) is 0 Å². The molecule has 0 saturated heterocycles. The van der Waals surface area contributed by atoms with Crippen LogP contribution in [0.15, 0.2) is 90.0 Å². The first-order valence-corrected chi connectivity index (χ1v) is 11.5. The van der Waals surface area contributed by atoms with Crippen LogP contribution in [0.2, 0.25) is 0 Å². The average Bonchev–Trinajstić information content (AvgIpc) is 3.33. The molecule has 0 unspecified atom stereocenters. The number of nitrogens with one attached hydrogen (secondary N) is 1. The van der Waals surface area contributed by atoms with Gasteiger partial charge in [-0.15, -0.1) is 0 Å². The predicted molar refractivity (Wildman–Crippen MR) is 132 cm³/mol. The quantitative estimate of drug-likeness (QED) is 0.351. The number of para-hydroxylation sites is 1. The molecule has 35 heavy (non-hydrogen) atoms. The number of hydrogen-bond acceptors (Lipinski definition) is 3. The van der Waals surface area contributed by atoms with Gasteiger partial charge in [-0.25, -0.2) is 4.68 Å². The van der Waals surface area contributed by atoms with E-state index < -0.39 is 11.8 Å². The SMILES string of the molecule is CCc1[nH]n(-c2ccccc2)c(=O)c1C1=C([n+]2cccc(C)c2)C(=O)N(Cc2ccccc2)C1=O. The Morgan fingerprint density at radius 3 is 2.20 bits per heavy atom. The molecule has 4 aromatic rings. The van der Waals surface area contributed by atoms with Crippen molar-refractivity contribution >= 4 is 23.1 Å². The molecule has 1 N–H and O–H groups in total. The number of pyridine rings is 1. The number of H-pyrrole nitrogens is 1. The average molecular weight is 466 g/mol. The lowest BCUT2D eigenvalue weighted by Gasteiger charge is -2.13. The molecule has 0 spiro atoms. The summed E-state index contributed by atoms with van der Waals surface area (Å²) in [4.78, 5) is 42.5. The van der Waals surface area contributed by atoms with Crippen LogP contribution in [0.5, 0.6) is 0 Å². The van der Waals surface area contributed by atoms with Crippen LogP contribution in [0.3, 0.4) is 0 Å². The lowest BCUT2D eigenvalue weighted by Crippen LogP contribution is -2.39. The van der Waals surface area contributed by atoms with Crippen molar-refractivity contribution in [2.24, 2.45) is 0 Å². The van der Waals surface area contributed by atoms with Gasteiger partial charge in [0.25, 0.3) is 17.2 Å². The Morgan fingerprint density at radius 1 is 0.857 bits per heavy atom. The van der Waals surface area contributed by atoms with Crippen molar-refractivity contribution in [2.75, 3.05) is 0 Å². The zero-order valence-corrected chi connectivity index (χ0v) is 19.6. The van der Waals surface area contributed by atoms with Gasteiger partial charge in [-0.1, -0.05) is 55.5 Å². The molecule has 2 aromatic carbocycles. The molecule has 1 aliphatic rings. The molecule has 7 heteroatoms. The van der Waals surface area contributed by atoms with Crippen molar-refractivity contribution in [1.29, 1.82) is 0 Å². The summed E-state index contributed by atoms with van der Waals surface area (Å²) in [6, 6.07) is 22.3. The monoisotopic (exact) mass is 465 g/mol. The minimum atomic E-state index is -0.478. The Morgan fingerprint density at radius 2 is 1.54 bits per heavy atom. The van der Waals surface area contributed by atoms with Crippen LogP contribution in [0, 0.1) is 6.92 Å². The summed E-state index contributed by atoms with van der Waals surface area (Å²) in [6.45, 7) is 3.94. The molecule has 2 aromatic heterocycles. The topological polar surface area (TPSA) is 79.1 Å². The van der Waals surface area contributed by atoms with E-state index in [0.717, 1.165) is 11.1 Å². The molecule has 1 aliphatic heterocycles. The zero-order chi connectivity index (χ0) is 24.5. The fourth-order valence-corrected chi connectivity index (χ4v) is 4.42. The second kappa shape index (κ2) is 9.02. The molecule has 0 bridgehead atoms. The second-order valence-corrected chi connectivity index (χ2v) is 8.49. The van der Waals surface area contributed by atoms with Crippen molar-refractivity contribution in [1.82, 2.24) is 14.7 Å². The van der Waals surface area contributed by atoms with Gasteiger partial charge in [-0.3, -0.25) is 24.4 Å². The van der Waals surface area contributed by atoms with Crippen LogP contribution in [0.25, 0.3) is 17.0 Å². The minimum absolute atomic E-state index is 0.120. The van der Waals surface area contributed by atoms with E-state index in [1.807, 2.05) is 86.6 Å². The Balaban J connectivity index is 1.73. The van der Waals surface area contributed by atoms with Crippen LogP contribution in [-0.2, 0) is 22.6 Å². The number of amides is 2. The van der Waals surface area contributed by atoms with Gasteiger partial charge in [-0.2, -0.15) is 4.57 Å². The van der Waals surface area contributed by atoms with Gasteiger partial charge in [0.15, 0.2) is 12.4 Å². The summed E-state index contributed by atoms with van der Waals surface area (Å²) in [6.07, 6.45) is 4.01. The summed E-state index contributed by atoms with van der Waals surface area (Å²) in [5.41, 5.74) is 3.17. The maximum atomic E-state index is 13.8. The third kappa shape index (κ3) is 3.91. The summed E-state index contributed by atoms with van der Waals surface area (Å²) < 4.78 is 3.08. The molecule has 174 valence electrons. The van der Waals surface area contributed by atoms with Gasteiger partial charge < -0.3 is 0 Å². The third-order valence-corrected chi connectivity index (χ3v) is 6.12. The number of aromatic amines is 1. The molecule has 3 heterocycles. The summed E-state index contributed by atoms with van der Waals surface area (Å²) in [5, 5.41) is 3.15. The Kier molecular flexibility index (Phi) is 5.74. The van der Waals surface area contributed by atoms with E-state index in [1.54, 1.807) is 17.0 Å². The molecule has 5 rings (SSSR count). The number of imide groups is 1. The van der Waals surface area contributed by atoms with Crippen molar-refractivity contribution in [3.05, 3.63) is 118 Å². The molecule has 2 amide bonds. The number of carbonyl (C=O) groups excluding carboxylic acids is 2. The summed E-state index contributed by atoms with van der Waals surface area (Å²) in [7, 11) is 0. The molecule has 0 atom stereocenters. The zero-order valence-electron chi connectivity index (χ0n) is 19.6. The molecule has 0 fully saturated rings. The van der Waals surface area contributed by atoms with Gasteiger partial charge in [0, 0.05) is 17.3 Å². The minimum Gasteiger partial charge on any atom is -0.294 e. The lowest BCUT2D eigenvalue weighted by molar-refractivity contribution is -0.577. The van der Waals surface area contributed by atoms with E-state index in [2.05, 4.69) is 5.10 Å². The predicted octanol–water partition coefficient (Wildman–Crippen LogP) is 3.26. The van der Waals surface area contributed by atoms with E-state index in [-0.39, 0.29) is 28.9 Å². The fraction of sp³-hybridized carbons (Fsp3) is 0.143. The standard InChI is InChI=1S/C28H24N4O3/c1-3-22-23(27(34)32(29-22)21-14-8-5-9-15-21)24-25(30-16-10-11-19(2)17-30)28(35)31(26(24)33)18-20-12-6-4-7-13-20/h4-17H,3,18H2,1-2H3/p+1. The van der Waals surface area contributed by atoms with E-state index >= 15 is 0 Å². The number of hydrogen-bond donors (Lipinski definition) is 1. The van der Waals surface area contributed by atoms with Crippen molar-refractivity contribution in [2.45, 2.75) is 26.8 Å². The van der Waals surface area contributed by atoms with E-state index in [9.17, 15) is 14.4 Å². The van der Waals surface area contributed by atoms with Gasteiger partial charge in [-0.05, 0) is 37.1 Å². The Labute approximate surface area is 202 Å². The van der Waals surface area contributed by atoms with Crippen LogP contribution in [0.1, 0.15) is 29.3 Å². The van der Waals surface area contributed by atoms with Crippen molar-refractivity contribution < 1.29 is 14.2 Å². The number of benzene rings is 2. The number of rotatable bonds is 6. The normalized spacial score (nSPS) is 13.7. The van der Waals surface area contributed by atoms with Gasteiger partial charge in [0.2, 0.25) is 0 Å².